The molecule has 1 aromatic carbocycles. The quantitative estimate of drug-likeness (QED) is 0.653. The molecule has 0 aliphatic carbocycles. The second-order valence-corrected chi connectivity index (χ2v) is 9.05. The molecule has 0 saturated carbocycles. The molecule has 1 aliphatic rings. The highest BCUT2D eigenvalue weighted by molar-refractivity contribution is 7.89. The van der Waals surface area contributed by atoms with E-state index in [9.17, 15) is 18.0 Å². The lowest BCUT2D eigenvalue weighted by molar-refractivity contribution is -0.133. The first-order valence-corrected chi connectivity index (χ1v) is 11.0. The molecule has 1 aromatic rings. The molecule has 156 valence electrons. The lowest BCUT2D eigenvalue weighted by atomic mass is 10.3. The molecule has 0 bridgehead atoms. The number of carbonyl (C=O) groups excluding carboxylic acids is 2. The zero-order valence-corrected chi connectivity index (χ0v) is 17.8. The largest absolute Gasteiger partial charge is 0.355 e. The fourth-order valence-electron chi connectivity index (χ4n) is 2.92. The summed E-state index contributed by atoms with van der Waals surface area (Å²) in [6, 6.07) is 6.33. The second kappa shape index (κ2) is 10.2. The van der Waals surface area contributed by atoms with Crippen LogP contribution in [0.1, 0.15) is 13.3 Å². The van der Waals surface area contributed by atoms with Crippen LogP contribution < -0.4 is 5.32 Å². The lowest BCUT2D eigenvalue weighted by Gasteiger charge is -2.34. The Labute approximate surface area is 171 Å². The normalized spacial score (nSPS) is 15.6. The number of likely N-dealkylation sites (N-methyl/N-ethyl adjacent to an activating group) is 1. The average molecular weight is 431 g/mol. The van der Waals surface area contributed by atoms with Crippen molar-refractivity contribution in [2.75, 3.05) is 52.9 Å². The van der Waals surface area contributed by atoms with Crippen LogP contribution in [-0.2, 0) is 19.6 Å². The van der Waals surface area contributed by atoms with Crippen LogP contribution >= 0.6 is 11.6 Å². The van der Waals surface area contributed by atoms with E-state index < -0.39 is 10.0 Å². The van der Waals surface area contributed by atoms with Crippen molar-refractivity contribution in [2.45, 2.75) is 18.2 Å². The smallest absolute Gasteiger partial charge is 0.244 e. The van der Waals surface area contributed by atoms with Gasteiger partial charge in [-0.3, -0.25) is 14.5 Å². The maximum Gasteiger partial charge on any atom is 0.244 e. The number of carbonyl (C=O) groups is 2. The van der Waals surface area contributed by atoms with Gasteiger partial charge < -0.3 is 10.2 Å². The first-order valence-electron chi connectivity index (χ1n) is 9.23. The van der Waals surface area contributed by atoms with Crippen molar-refractivity contribution < 1.29 is 18.0 Å². The molecule has 1 N–H and O–H groups in total. The summed E-state index contributed by atoms with van der Waals surface area (Å²) in [4.78, 5) is 27.5. The monoisotopic (exact) mass is 430 g/mol. The number of sulfonamides is 1. The minimum atomic E-state index is -3.69. The minimum absolute atomic E-state index is 0.0780. The summed E-state index contributed by atoms with van der Waals surface area (Å²) >= 11 is 6.03. The number of rotatable bonds is 8. The highest BCUT2D eigenvalue weighted by atomic mass is 35.5. The minimum Gasteiger partial charge on any atom is -0.355 e. The van der Waals surface area contributed by atoms with Gasteiger partial charge in [-0.15, -0.1) is 0 Å². The van der Waals surface area contributed by atoms with Gasteiger partial charge in [0.25, 0.3) is 0 Å². The van der Waals surface area contributed by atoms with Crippen LogP contribution in [0.5, 0.6) is 0 Å². The molecular formula is C18H27ClN4O4S. The Bertz CT molecular complexity index is 795. The van der Waals surface area contributed by atoms with Gasteiger partial charge in [0, 0.05) is 32.7 Å². The molecule has 0 radical (unpaired) electrons. The van der Waals surface area contributed by atoms with Crippen LogP contribution in [0.4, 0.5) is 0 Å². The van der Waals surface area contributed by atoms with Crippen LogP contribution in [-0.4, -0.2) is 87.2 Å². The van der Waals surface area contributed by atoms with Gasteiger partial charge in [0.15, 0.2) is 0 Å². The highest BCUT2D eigenvalue weighted by Crippen LogP contribution is 2.24. The van der Waals surface area contributed by atoms with E-state index in [1.54, 1.807) is 35.0 Å². The average Bonchev–Trinajstić information content (AvgIpc) is 2.66. The molecule has 0 unspecified atom stereocenters. The third-order valence-corrected chi connectivity index (χ3v) is 6.84. The molecule has 1 aliphatic heterocycles. The molecule has 2 amide bonds. The Hall–Kier alpha value is -1.68. The van der Waals surface area contributed by atoms with E-state index >= 15 is 0 Å². The van der Waals surface area contributed by atoms with E-state index in [2.05, 4.69) is 5.32 Å². The van der Waals surface area contributed by atoms with Gasteiger partial charge in [-0.2, -0.15) is 4.31 Å². The molecule has 2 rings (SSSR count). The van der Waals surface area contributed by atoms with E-state index in [0.29, 0.717) is 19.6 Å². The molecule has 1 heterocycles. The van der Waals surface area contributed by atoms with E-state index in [4.69, 9.17) is 11.6 Å². The van der Waals surface area contributed by atoms with Crippen molar-refractivity contribution in [3.63, 3.8) is 0 Å². The maximum atomic E-state index is 12.8. The van der Waals surface area contributed by atoms with Crippen LogP contribution in [0, 0.1) is 0 Å². The number of hydrogen-bond acceptors (Lipinski definition) is 5. The maximum absolute atomic E-state index is 12.8. The van der Waals surface area contributed by atoms with Gasteiger partial charge in [-0.25, -0.2) is 8.42 Å². The van der Waals surface area contributed by atoms with Crippen LogP contribution in [0.15, 0.2) is 29.2 Å². The van der Waals surface area contributed by atoms with E-state index in [1.165, 1.54) is 10.4 Å². The summed E-state index contributed by atoms with van der Waals surface area (Å²) in [7, 11) is -1.98. The Balaban J connectivity index is 1.87. The standard InChI is InChI=1S/C18H27ClN4O4S/c1-3-8-20-17(24)13-21(2)14-18(25)22-9-11-23(12-10-22)28(26,27)16-7-5-4-6-15(16)19/h4-7H,3,8-14H2,1-2H3,(H,20,24). The zero-order valence-electron chi connectivity index (χ0n) is 16.2. The zero-order chi connectivity index (χ0) is 20.7. The number of amides is 2. The molecule has 8 nitrogen and oxygen atoms in total. The second-order valence-electron chi connectivity index (χ2n) is 6.74. The highest BCUT2D eigenvalue weighted by Gasteiger charge is 2.31. The third kappa shape index (κ3) is 5.91. The van der Waals surface area contributed by atoms with E-state index in [-0.39, 0.29) is 47.9 Å². The van der Waals surface area contributed by atoms with E-state index in [0.717, 1.165) is 6.42 Å². The Morgan fingerprint density at radius 1 is 1.14 bits per heavy atom. The summed E-state index contributed by atoms with van der Waals surface area (Å²) in [5.41, 5.74) is 0. The SMILES string of the molecule is CCCNC(=O)CN(C)CC(=O)N1CCN(S(=O)(=O)c2ccccc2Cl)CC1. The first-order chi connectivity index (χ1) is 13.3. The first kappa shape index (κ1) is 22.6. The number of nitrogens with one attached hydrogen (secondary N) is 1. The van der Waals surface area contributed by atoms with Crippen molar-refractivity contribution in [2.24, 2.45) is 0 Å². The molecule has 0 spiro atoms. The number of halogens is 1. The van der Waals surface area contributed by atoms with Crippen LogP contribution in [0.2, 0.25) is 5.02 Å². The van der Waals surface area contributed by atoms with Crippen molar-refractivity contribution in [1.82, 2.24) is 19.4 Å². The van der Waals surface area contributed by atoms with Crippen molar-refractivity contribution in [3.8, 4) is 0 Å². The van der Waals surface area contributed by atoms with E-state index in [1.807, 2.05) is 6.92 Å². The van der Waals surface area contributed by atoms with Crippen LogP contribution in [0.3, 0.4) is 0 Å². The molecule has 1 fully saturated rings. The molecule has 10 heteroatoms. The van der Waals surface area contributed by atoms with Crippen molar-refractivity contribution >= 4 is 33.4 Å². The number of hydrogen-bond donors (Lipinski definition) is 1. The summed E-state index contributed by atoms with van der Waals surface area (Å²) in [6.45, 7) is 3.86. The molecule has 1 saturated heterocycles. The van der Waals surface area contributed by atoms with Crippen LogP contribution in [0.25, 0.3) is 0 Å². The van der Waals surface area contributed by atoms with Gasteiger partial charge in [-0.05, 0) is 25.6 Å². The van der Waals surface area contributed by atoms with Gasteiger partial charge in [0.05, 0.1) is 18.1 Å². The summed E-state index contributed by atoms with van der Waals surface area (Å²) in [5.74, 6) is -0.242. The number of piperazine rings is 1. The van der Waals surface area contributed by atoms with Crippen molar-refractivity contribution in [1.29, 1.82) is 0 Å². The Morgan fingerprint density at radius 2 is 1.79 bits per heavy atom. The third-order valence-electron chi connectivity index (χ3n) is 4.44. The topological polar surface area (TPSA) is 90.0 Å². The lowest BCUT2D eigenvalue weighted by Crippen LogP contribution is -2.52. The molecular weight excluding hydrogens is 404 g/mol. The molecule has 0 atom stereocenters. The fourth-order valence-corrected chi connectivity index (χ4v) is 4.84. The summed E-state index contributed by atoms with van der Waals surface area (Å²) < 4.78 is 26.9. The van der Waals surface area contributed by atoms with Gasteiger partial charge in [-0.1, -0.05) is 30.7 Å². The predicted molar refractivity (Wildman–Crippen MR) is 108 cm³/mol. The fraction of sp³-hybridized carbons (Fsp3) is 0.556. The van der Waals surface area contributed by atoms with Crippen molar-refractivity contribution in [3.05, 3.63) is 29.3 Å². The summed E-state index contributed by atoms with van der Waals surface area (Å²) in [5, 5.41) is 2.95. The summed E-state index contributed by atoms with van der Waals surface area (Å²) in [6.07, 6.45) is 0.857. The van der Waals surface area contributed by atoms with Gasteiger partial charge in [0.1, 0.15) is 4.90 Å². The Kier molecular flexibility index (Phi) is 8.23. The number of nitrogens with zero attached hydrogens (tertiary/aromatic N) is 3. The van der Waals surface area contributed by atoms with Gasteiger partial charge in [0.2, 0.25) is 21.8 Å². The molecule has 0 aromatic heterocycles. The predicted octanol–water partition coefficient (Wildman–Crippen LogP) is 0.631. The van der Waals surface area contributed by atoms with Gasteiger partial charge >= 0.3 is 0 Å². The Morgan fingerprint density at radius 3 is 2.39 bits per heavy atom. The number of benzene rings is 1. The molecule has 28 heavy (non-hydrogen) atoms.